The predicted molar refractivity (Wildman–Crippen MR) is 82.4 cm³/mol. The van der Waals surface area contributed by atoms with Gasteiger partial charge in [0.25, 0.3) is 0 Å². The lowest BCUT2D eigenvalue weighted by Crippen LogP contribution is -2.65. The summed E-state index contributed by atoms with van der Waals surface area (Å²) >= 11 is 0. The minimum atomic E-state index is -0.509. The molecule has 0 aromatic heterocycles. The van der Waals surface area contributed by atoms with Crippen LogP contribution in [-0.2, 0) is 4.79 Å². The fourth-order valence-electron chi connectivity index (χ4n) is 3.25. The highest BCUT2D eigenvalue weighted by molar-refractivity contribution is 5.86. The molecule has 4 heteroatoms. The number of hydrogen-bond donors (Lipinski definition) is 2. The molecule has 2 saturated carbocycles. The van der Waals surface area contributed by atoms with Crippen molar-refractivity contribution in [2.45, 2.75) is 76.9 Å². The van der Waals surface area contributed by atoms with Gasteiger partial charge in [-0.15, -0.1) is 0 Å². The zero-order chi connectivity index (χ0) is 14.8. The second-order valence-corrected chi connectivity index (χ2v) is 6.96. The number of primary amides is 1. The van der Waals surface area contributed by atoms with Crippen LogP contribution in [0, 0.1) is 5.92 Å². The van der Waals surface area contributed by atoms with Gasteiger partial charge in [-0.2, -0.15) is 0 Å². The van der Waals surface area contributed by atoms with Crippen molar-refractivity contribution in [2.75, 3.05) is 13.1 Å². The van der Waals surface area contributed by atoms with Crippen LogP contribution in [0.25, 0.3) is 0 Å². The zero-order valence-electron chi connectivity index (χ0n) is 13.3. The molecule has 20 heavy (non-hydrogen) atoms. The molecule has 4 nitrogen and oxygen atoms in total. The number of nitrogens with two attached hydrogens (primary N) is 1. The maximum Gasteiger partial charge on any atom is 0.239 e. The number of rotatable bonds is 10. The van der Waals surface area contributed by atoms with Gasteiger partial charge < -0.3 is 5.73 Å². The second-order valence-electron chi connectivity index (χ2n) is 6.96. The van der Waals surface area contributed by atoms with Crippen LogP contribution in [0.5, 0.6) is 0 Å². The van der Waals surface area contributed by atoms with E-state index in [0.717, 1.165) is 25.9 Å². The normalized spacial score (nSPS) is 22.2. The van der Waals surface area contributed by atoms with E-state index < -0.39 is 5.54 Å². The van der Waals surface area contributed by atoms with Crippen molar-refractivity contribution in [3.05, 3.63) is 0 Å². The Morgan fingerprint density at radius 2 is 2.00 bits per heavy atom. The maximum absolute atomic E-state index is 12.2. The maximum atomic E-state index is 12.2. The summed E-state index contributed by atoms with van der Waals surface area (Å²) in [5.41, 5.74) is 5.32. The van der Waals surface area contributed by atoms with Crippen LogP contribution in [0.15, 0.2) is 0 Å². The average Bonchev–Trinajstić information content (AvgIpc) is 3.24. The van der Waals surface area contributed by atoms with E-state index in [1.807, 2.05) is 0 Å². The number of nitrogens with zero attached hydrogens (tertiary/aromatic N) is 1. The summed E-state index contributed by atoms with van der Waals surface area (Å²) in [6.45, 7) is 8.33. The van der Waals surface area contributed by atoms with Crippen LogP contribution in [-0.4, -0.2) is 41.5 Å². The van der Waals surface area contributed by atoms with Gasteiger partial charge >= 0.3 is 0 Å². The number of carbonyl (C=O) groups excluding carboxylic acids is 1. The van der Waals surface area contributed by atoms with E-state index >= 15 is 0 Å². The molecule has 2 aliphatic rings. The van der Waals surface area contributed by atoms with E-state index in [1.54, 1.807) is 0 Å². The number of carbonyl (C=O) groups is 1. The highest BCUT2D eigenvalue weighted by atomic mass is 16.1. The summed E-state index contributed by atoms with van der Waals surface area (Å²) in [6, 6.07) is 0.975. The Morgan fingerprint density at radius 1 is 1.35 bits per heavy atom. The van der Waals surface area contributed by atoms with E-state index in [4.69, 9.17) is 5.73 Å². The standard InChI is InChI=1S/C16H31N3O/c1-4-5-10-19(14-8-9-14)11-16(15(17)20,13-6-7-13)18-12(2)3/h12-14,18H,4-11H2,1-3H3,(H2,17,20). The lowest BCUT2D eigenvalue weighted by molar-refractivity contribution is -0.126. The fraction of sp³-hybridized carbons (Fsp3) is 0.938. The first-order chi connectivity index (χ1) is 9.49. The number of nitrogens with one attached hydrogen (secondary N) is 1. The van der Waals surface area contributed by atoms with Crippen LogP contribution in [0.4, 0.5) is 0 Å². The van der Waals surface area contributed by atoms with Crippen molar-refractivity contribution in [3.8, 4) is 0 Å². The Hall–Kier alpha value is -0.610. The van der Waals surface area contributed by atoms with Crippen LogP contribution in [0.3, 0.4) is 0 Å². The second kappa shape index (κ2) is 6.44. The van der Waals surface area contributed by atoms with Gasteiger partial charge in [-0.1, -0.05) is 13.3 Å². The molecule has 1 amide bonds. The van der Waals surface area contributed by atoms with Gasteiger partial charge in [0.1, 0.15) is 5.54 Å². The third-order valence-electron chi connectivity index (χ3n) is 4.57. The van der Waals surface area contributed by atoms with Gasteiger partial charge in [-0.25, -0.2) is 0 Å². The van der Waals surface area contributed by atoms with Crippen molar-refractivity contribution in [3.63, 3.8) is 0 Å². The molecule has 2 fully saturated rings. The Labute approximate surface area is 123 Å². The molecule has 0 saturated heterocycles. The molecule has 1 unspecified atom stereocenters. The number of hydrogen-bond acceptors (Lipinski definition) is 3. The van der Waals surface area contributed by atoms with Gasteiger partial charge in [0.2, 0.25) is 5.91 Å². The summed E-state index contributed by atoms with van der Waals surface area (Å²) in [6.07, 6.45) is 7.24. The van der Waals surface area contributed by atoms with Crippen LogP contribution in [0.2, 0.25) is 0 Å². The molecule has 0 aliphatic heterocycles. The Morgan fingerprint density at radius 3 is 2.40 bits per heavy atom. The molecule has 0 aromatic carbocycles. The number of amides is 1. The first kappa shape index (κ1) is 15.8. The van der Waals surface area contributed by atoms with Crippen LogP contribution >= 0.6 is 0 Å². The van der Waals surface area contributed by atoms with E-state index in [0.29, 0.717) is 12.0 Å². The summed E-state index contributed by atoms with van der Waals surface area (Å²) in [5, 5.41) is 3.53. The van der Waals surface area contributed by atoms with Crippen molar-refractivity contribution in [1.82, 2.24) is 10.2 Å². The first-order valence-electron chi connectivity index (χ1n) is 8.31. The zero-order valence-corrected chi connectivity index (χ0v) is 13.3. The molecule has 0 heterocycles. The van der Waals surface area contributed by atoms with Crippen LogP contribution < -0.4 is 11.1 Å². The van der Waals surface area contributed by atoms with Crippen molar-refractivity contribution < 1.29 is 4.79 Å². The molecule has 2 aliphatic carbocycles. The van der Waals surface area contributed by atoms with E-state index in [2.05, 4.69) is 31.0 Å². The highest BCUT2D eigenvalue weighted by Crippen LogP contribution is 2.42. The molecule has 0 bridgehead atoms. The molecule has 0 spiro atoms. The van der Waals surface area contributed by atoms with Gasteiger partial charge in [0.15, 0.2) is 0 Å². The van der Waals surface area contributed by atoms with Crippen molar-refractivity contribution in [1.29, 1.82) is 0 Å². The molecule has 3 N–H and O–H groups in total. The van der Waals surface area contributed by atoms with Crippen molar-refractivity contribution in [2.24, 2.45) is 11.7 Å². The number of unbranched alkanes of at least 4 members (excludes halogenated alkanes) is 1. The summed E-state index contributed by atoms with van der Waals surface area (Å²) in [7, 11) is 0. The van der Waals surface area contributed by atoms with Gasteiger partial charge in [0.05, 0.1) is 0 Å². The third-order valence-corrected chi connectivity index (χ3v) is 4.57. The molecule has 116 valence electrons. The summed E-state index contributed by atoms with van der Waals surface area (Å²) < 4.78 is 0. The minimum Gasteiger partial charge on any atom is -0.368 e. The smallest absolute Gasteiger partial charge is 0.239 e. The molecule has 2 rings (SSSR count). The SMILES string of the molecule is CCCCN(CC(NC(C)C)(C(N)=O)C1CC1)C1CC1. The Bertz CT molecular complexity index is 337. The lowest BCUT2D eigenvalue weighted by atomic mass is 9.90. The Balaban J connectivity index is 2.09. The fourth-order valence-corrected chi connectivity index (χ4v) is 3.25. The molecular formula is C16H31N3O. The average molecular weight is 281 g/mol. The largest absolute Gasteiger partial charge is 0.368 e. The quantitative estimate of drug-likeness (QED) is 0.643. The predicted octanol–water partition coefficient (Wildman–Crippen LogP) is 1.88. The minimum absolute atomic E-state index is 0.157. The Kier molecular flexibility index (Phi) is 5.08. The van der Waals surface area contributed by atoms with Gasteiger partial charge in [-0.3, -0.25) is 15.0 Å². The molecule has 0 radical (unpaired) electrons. The molecule has 1 atom stereocenters. The van der Waals surface area contributed by atoms with Crippen molar-refractivity contribution >= 4 is 5.91 Å². The van der Waals surface area contributed by atoms with Gasteiger partial charge in [0, 0.05) is 18.6 Å². The van der Waals surface area contributed by atoms with E-state index in [9.17, 15) is 4.79 Å². The topological polar surface area (TPSA) is 58.4 Å². The monoisotopic (exact) mass is 281 g/mol. The third kappa shape index (κ3) is 3.73. The first-order valence-corrected chi connectivity index (χ1v) is 8.31. The van der Waals surface area contributed by atoms with Crippen LogP contribution in [0.1, 0.15) is 59.3 Å². The summed E-state index contributed by atoms with van der Waals surface area (Å²) in [5.74, 6) is 0.279. The van der Waals surface area contributed by atoms with E-state index in [-0.39, 0.29) is 11.9 Å². The lowest BCUT2D eigenvalue weighted by Gasteiger charge is -2.39. The summed E-state index contributed by atoms with van der Waals surface area (Å²) in [4.78, 5) is 14.7. The molecular weight excluding hydrogens is 250 g/mol. The highest BCUT2D eigenvalue weighted by Gasteiger charge is 2.51. The molecule has 0 aromatic rings. The van der Waals surface area contributed by atoms with Gasteiger partial charge in [-0.05, 0) is 58.4 Å². The van der Waals surface area contributed by atoms with E-state index in [1.165, 1.54) is 25.7 Å².